The Morgan fingerprint density at radius 1 is 1.41 bits per heavy atom. The van der Waals surface area contributed by atoms with Crippen LogP contribution in [0.3, 0.4) is 0 Å². The van der Waals surface area contributed by atoms with Gasteiger partial charge in [0.2, 0.25) is 0 Å². The van der Waals surface area contributed by atoms with Crippen LogP contribution in [0.1, 0.15) is 29.6 Å². The van der Waals surface area contributed by atoms with E-state index in [-0.39, 0.29) is 17.0 Å². The van der Waals surface area contributed by atoms with Crippen molar-refractivity contribution < 1.29 is 9.90 Å². The number of carbonyl (C=O) groups is 1. The molecular formula is C13H16ClNO2. The molecule has 1 aliphatic rings. The summed E-state index contributed by atoms with van der Waals surface area (Å²) in [6, 6.07) is 6.56. The maximum absolute atomic E-state index is 11.8. The molecule has 1 aromatic rings. The Balaban J connectivity index is 1.88. The van der Waals surface area contributed by atoms with Crippen molar-refractivity contribution in [1.29, 1.82) is 0 Å². The molecule has 2 atom stereocenters. The van der Waals surface area contributed by atoms with Gasteiger partial charge in [0.1, 0.15) is 5.75 Å². The highest BCUT2D eigenvalue weighted by Gasteiger charge is 2.23. The lowest BCUT2D eigenvalue weighted by Crippen LogP contribution is -2.28. The molecule has 1 aromatic carbocycles. The second-order valence-corrected chi connectivity index (χ2v) is 5.12. The van der Waals surface area contributed by atoms with Gasteiger partial charge in [-0.05, 0) is 37.3 Å². The number of hydrogen-bond donors (Lipinski definition) is 2. The molecule has 1 amide bonds. The predicted molar refractivity (Wildman–Crippen MR) is 67.4 cm³/mol. The summed E-state index contributed by atoms with van der Waals surface area (Å²) in [6.07, 6.45) is 3.05. The summed E-state index contributed by atoms with van der Waals surface area (Å²) in [4.78, 5) is 11.8. The number of carbonyl (C=O) groups excluding carboxylic acids is 1. The van der Waals surface area contributed by atoms with Crippen LogP contribution < -0.4 is 5.32 Å². The summed E-state index contributed by atoms with van der Waals surface area (Å²) in [7, 11) is 0. The van der Waals surface area contributed by atoms with Crippen LogP contribution in [0.5, 0.6) is 5.75 Å². The summed E-state index contributed by atoms with van der Waals surface area (Å²) in [5.74, 6) is 0.264. The maximum Gasteiger partial charge on any atom is 0.255 e. The van der Waals surface area contributed by atoms with E-state index in [0.29, 0.717) is 18.0 Å². The van der Waals surface area contributed by atoms with E-state index in [1.54, 1.807) is 18.2 Å². The summed E-state index contributed by atoms with van der Waals surface area (Å²) >= 11 is 6.01. The first kappa shape index (κ1) is 12.2. The second kappa shape index (κ2) is 5.41. The third-order valence-electron chi connectivity index (χ3n) is 3.18. The van der Waals surface area contributed by atoms with E-state index >= 15 is 0 Å². The zero-order valence-corrected chi connectivity index (χ0v) is 10.3. The van der Waals surface area contributed by atoms with Gasteiger partial charge in [-0.25, -0.2) is 0 Å². The van der Waals surface area contributed by atoms with Gasteiger partial charge < -0.3 is 10.4 Å². The Morgan fingerprint density at radius 3 is 2.82 bits per heavy atom. The van der Waals surface area contributed by atoms with Gasteiger partial charge in [0.15, 0.2) is 0 Å². The van der Waals surface area contributed by atoms with Crippen molar-refractivity contribution in [2.45, 2.75) is 24.6 Å². The Bertz CT molecular complexity index is 408. The van der Waals surface area contributed by atoms with Crippen molar-refractivity contribution >= 4 is 17.5 Å². The monoisotopic (exact) mass is 253 g/mol. The number of aromatic hydroxyl groups is 1. The summed E-state index contributed by atoms with van der Waals surface area (Å²) in [5, 5.41) is 12.6. The maximum atomic E-state index is 11.8. The molecule has 0 bridgehead atoms. The van der Waals surface area contributed by atoms with Crippen molar-refractivity contribution in [1.82, 2.24) is 5.32 Å². The number of alkyl halides is 1. The standard InChI is InChI=1S/C13H16ClNO2/c14-10-6-5-9(7-10)8-15-13(17)11-3-1-2-4-12(11)16/h1-4,9-10,16H,5-8H2,(H,15,17). The van der Waals surface area contributed by atoms with Crippen LogP contribution in [0.4, 0.5) is 0 Å². The topological polar surface area (TPSA) is 49.3 Å². The third-order valence-corrected chi connectivity index (χ3v) is 3.57. The number of hydrogen-bond acceptors (Lipinski definition) is 2. The average Bonchev–Trinajstić information content (AvgIpc) is 2.73. The Labute approximate surface area is 106 Å². The van der Waals surface area contributed by atoms with Crippen LogP contribution in [-0.4, -0.2) is 22.9 Å². The number of phenolic OH excluding ortho intramolecular Hbond substituents is 1. The van der Waals surface area contributed by atoms with Crippen LogP contribution in [0.15, 0.2) is 24.3 Å². The Kier molecular flexibility index (Phi) is 3.89. The molecule has 17 heavy (non-hydrogen) atoms. The molecule has 2 N–H and O–H groups in total. The number of halogens is 1. The highest BCUT2D eigenvalue weighted by Crippen LogP contribution is 2.28. The highest BCUT2D eigenvalue weighted by molar-refractivity contribution is 6.20. The van der Waals surface area contributed by atoms with Crippen molar-refractivity contribution in [3.63, 3.8) is 0 Å². The van der Waals surface area contributed by atoms with Gasteiger partial charge in [0.25, 0.3) is 5.91 Å². The van der Waals surface area contributed by atoms with Crippen LogP contribution in [-0.2, 0) is 0 Å². The van der Waals surface area contributed by atoms with Gasteiger partial charge in [0.05, 0.1) is 5.56 Å². The fourth-order valence-corrected chi connectivity index (χ4v) is 2.58. The van der Waals surface area contributed by atoms with E-state index < -0.39 is 0 Å². The number of phenols is 1. The van der Waals surface area contributed by atoms with Gasteiger partial charge in [-0.1, -0.05) is 12.1 Å². The molecule has 2 unspecified atom stereocenters. The van der Waals surface area contributed by atoms with Gasteiger partial charge in [0, 0.05) is 11.9 Å². The minimum Gasteiger partial charge on any atom is -0.507 e. The minimum absolute atomic E-state index is 0.0200. The van der Waals surface area contributed by atoms with Gasteiger partial charge in [-0.2, -0.15) is 0 Å². The number of rotatable bonds is 3. The molecule has 0 saturated heterocycles. The van der Waals surface area contributed by atoms with Gasteiger partial charge >= 0.3 is 0 Å². The first-order valence-corrected chi connectivity index (χ1v) is 6.30. The fourth-order valence-electron chi connectivity index (χ4n) is 2.20. The summed E-state index contributed by atoms with van der Waals surface area (Å²) < 4.78 is 0. The number of amides is 1. The molecule has 0 radical (unpaired) electrons. The molecule has 4 heteroatoms. The molecule has 2 rings (SSSR count). The van der Waals surface area contributed by atoms with Crippen molar-refractivity contribution in [2.24, 2.45) is 5.92 Å². The highest BCUT2D eigenvalue weighted by atomic mass is 35.5. The van der Waals surface area contributed by atoms with Crippen LogP contribution in [0.25, 0.3) is 0 Å². The minimum atomic E-state index is -0.221. The number of nitrogens with one attached hydrogen (secondary N) is 1. The van der Waals surface area contributed by atoms with E-state index in [4.69, 9.17) is 11.6 Å². The average molecular weight is 254 g/mol. The Morgan fingerprint density at radius 2 is 2.18 bits per heavy atom. The molecule has 0 spiro atoms. The third kappa shape index (κ3) is 3.13. The quantitative estimate of drug-likeness (QED) is 0.814. The van der Waals surface area contributed by atoms with Gasteiger partial charge in [-0.15, -0.1) is 11.6 Å². The fraction of sp³-hybridized carbons (Fsp3) is 0.462. The van der Waals surface area contributed by atoms with Gasteiger partial charge in [-0.3, -0.25) is 4.79 Å². The lowest BCUT2D eigenvalue weighted by Gasteiger charge is -2.11. The molecule has 92 valence electrons. The van der Waals surface area contributed by atoms with E-state index in [9.17, 15) is 9.90 Å². The molecule has 3 nitrogen and oxygen atoms in total. The van der Waals surface area contributed by atoms with E-state index in [1.165, 1.54) is 6.07 Å². The normalized spacial score (nSPS) is 23.6. The molecule has 1 fully saturated rings. The first-order valence-electron chi connectivity index (χ1n) is 5.87. The van der Waals surface area contributed by atoms with Crippen LogP contribution in [0, 0.1) is 5.92 Å². The van der Waals surface area contributed by atoms with E-state index in [2.05, 4.69) is 5.32 Å². The Hall–Kier alpha value is -1.22. The predicted octanol–water partition coefficient (Wildman–Crippen LogP) is 2.53. The smallest absolute Gasteiger partial charge is 0.255 e. The molecule has 0 heterocycles. The van der Waals surface area contributed by atoms with Crippen LogP contribution >= 0.6 is 11.6 Å². The lowest BCUT2D eigenvalue weighted by molar-refractivity contribution is 0.0944. The second-order valence-electron chi connectivity index (χ2n) is 4.50. The van der Waals surface area contributed by atoms with Crippen molar-refractivity contribution in [3.05, 3.63) is 29.8 Å². The first-order chi connectivity index (χ1) is 8.16. The number of benzene rings is 1. The van der Waals surface area contributed by atoms with E-state index in [1.807, 2.05) is 0 Å². The molecule has 1 saturated carbocycles. The number of para-hydroxylation sites is 1. The largest absolute Gasteiger partial charge is 0.507 e. The van der Waals surface area contributed by atoms with Crippen molar-refractivity contribution in [2.75, 3.05) is 6.54 Å². The SMILES string of the molecule is O=C(NCC1CCC(Cl)C1)c1ccccc1O. The molecule has 0 aliphatic heterocycles. The van der Waals surface area contributed by atoms with Crippen LogP contribution in [0.2, 0.25) is 0 Å². The zero-order chi connectivity index (χ0) is 12.3. The molecule has 1 aliphatic carbocycles. The van der Waals surface area contributed by atoms with Crippen molar-refractivity contribution in [3.8, 4) is 5.75 Å². The lowest BCUT2D eigenvalue weighted by atomic mass is 10.1. The van der Waals surface area contributed by atoms with E-state index in [0.717, 1.165) is 19.3 Å². The molecule has 0 aromatic heterocycles. The zero-order valence-electron chi connectivity index (χ0n) is 9.53. The summed E-state index contributed by atoms with van der Waals surface area (Å²) in [6.45, 7) is 0.635. The summed E-state index contributed by atoms with van der Waals surface area (Å²) in [5.41, 5.74) is 0.327. The molecular weight excluding hydrogens is 238 g/mol.